The van der Waals surface area contributed by atoms with E-state index in [1.54, 1.807) is 41.3 Å². The summed E-state index contributed by atoms with van der Waals surface area (Å²) in [5.41, 5.74) is 2.18. The Morgan fingerprint density at radius 2 is 1.88 bits per heavy atom. The molecule has 0 radical (unpaired) electrons. The van der Waals surface area contributed by atoms with Crippen molar-refractivity contribution < 1.29 is 13.2 Å². The zero-order chi connectivity index (χ0) is 17.3. The van der Waals surface area contributed by atoms with Crippen LogP contribution in [-0.4, -0.2) is 27.9 Å². The predicted molar refractivity (Wildman–Crippen MR) is 94.1 cm³/mol. The Labute approximate surface area is 146 Å². The van der Waals surface area contributed by atoms with Gasteiger partial charge in [0.1, 0.15) is 0 Å². The molecule has 0 atom stereocenters. The molecule has 1 heterocycles. The van der Waals surface area contributed by atoms with Crippen molar-refractivity contribution in [2.75, 3.05) is 18.5 Å². The number of halogens is 1. The van der Waals surface area contributed by atoms with E-state index < -0.39 is 10.0 Å². The smallest absolute Gasteiger partial charge is 0.258 e. The second-order valence-corrected chi connectivity index (χ2v) is 7.89. The van der Waals surface area contributed by atoms with Gasteiger partial charge in [0, 0.05) is 22.8 Å². The fourth-order valence-corrected chi connectivity index (χ4v) is 3.72. The van der Waals surface area contributed by atoms with Crippen LogP contribution in [0.4, 0.5) is 5.69 Å². The van der Waals surface area contributed by atoms with Gasteiger partial charge < -0.3 is 4.90 Å². The van der Waals surface area contributed by atoms with E-state index >= 15 is 0 Å². The Morgan fingerprint density at radius 1 is 1.17 bits per heavy atom. The van der Waals surface area contributed by atoms with Crippen molar-refractivity contribution in [3.05, 3.63) is 58.6 Å². The first-order chi connectivity index (χ1) is 11.4. The first-order valence-electron chi connectivity index (χ1n) is 7.56. The molecule has 1 aliphatic heterocycles. The predicted octanol–water partition coefficient (Wildman–Crippen LogP) is 2.84. The minimum Gasteiger partial charge on any atom is -0.308 e. The Hall–Kier alpha value is -1.89. The molecule has 0 fully saturated rings. The molecule has 3 rings (SSSR count). The number of carbonyl (C=O) groups excluding carboxylic acids is 1. The van der Waals surface area contributed by atoms with Crippen LogP contribution in [0.5, 0.6) is 0 Å². The number of sulfonamides is 1. The molecule has 0 aliphatic carbocycles. The lowest BCUT2D eigenvalue weighted by Gasteiger charge is -2.30. The van der Waals surface area contributed by atoms with Crippen molar-refractivity contribution in [1.82, 2.24) is 4.72 Å². The standard InChI is InChI=1S/C17H17ClN2O3S/c1-19-24(22,23)15-8-9-16-13(11-15)3-2-10-20(16)17(21)12-4-6-14(18)7-5-12/h4-9,11,19H,2-3,10H2,1H3. The van der Waals surface area contributed by atoms with E-state index in [2.05, 4.69) is 4.72 Å². The second kappa shape index (κ2) is 6.55. The SMILES string of the molecule is CNS(=O)(=O)c1ccc2c(c1)CCCN2C(=O)c1ccc(Cl)cc1. The summed E-state index contributed by atoms with van der Waals surface area (Å²) in [6.07, 6.45) is 1.53. The normalized spacial score (nSPS) is 14.3. The molecule has 0 aromatic heterocycles. The zero-order valence-electron chi connectivity index (χ0n) is 13.1. The molecule has 0 bridgehead atoms. The summed E-state index contributed by atoms with van der Waals surface area (Å²) < 4.78 is 26.2. The average molecular weight is 365 g/mol. The molecule has 24 heavy (non-hydrogen) atoms. The molecule has 1 aliphatic rings. The van der Waals surface area contributed by atoms with Crippen LogP contribution in [0.2, 0.25) is 5.02 Å². The quantitative estimate of drug-likeness (QED) is 0.910. The Kier molecular flexibility index (Phi) is 4.62. The van der Waals surface area contributed by atoms with Crippen molar-refractivity contribution >= 4 is 33.2 Å². The first kappa shape index (κ1) is 17.0. The van der Waals surface area contributed by atoms with Crippen LogP contribution >= 0.6 is 11.6 Å². The Morgan fingerprint density at radius 3 is 2.54 bits per heavy atom. The summed E-state index contributed by atoms with van der Waals surface area (Å²) in [4.78, 5) is 14.7. The van der Waals surface area contributed by atoms with Gasteiger partial charge in [0.15, 0.2) is 0 Å². The first-order valence-corrected chi connectivity index (χ1v) is 9.42. The summed E-state index contributed by atoms with van der Waals surface area (Å²) in [5.74, 6) is -0.114. The molecule has 1 amide bonds. The molecule has 7 heteroatoms. The molecule has 2 aromatic rings. The maximum atomic E-state index is 12.8. The van der Waals surface area contributed by atoms with Crippen molar-refractivity contribution in [2.45, 2.75) is 17.7 Å². The Bertz CT molecular complexity index is 879. The molecule has 0 saturated heterocycles. The highest BCUT2D eigenvalue weighted by Crippen LogP contribution is 2.30. The van der Waals surface area contributed by atoms with Crippen LogP contribution in [0.1, 0.15) is 22.3 Å². The average Bonchev–Trinajstić information content (AvgIpc) is 2.60. The number of amides is 1. The number of aryl methyl sites for hydroxylation is 1. The third-order valence-corrected chi connectivity index (χ3v) is 5.75. The van der Waals surface area contributed by atoms with Gasteiger partial charge in [0.05, 0.1) is 4.90 Å². The molecule has 0 spiro atoms. The van der Waals surface area contributed by atoms with Crippen molar-refractivity contribution in [2.24, 2.45) is 0 Å². The monoisotopic (exact) mass is 364 g/mol. The third-order valence-electron chi connectivity index (χ3n) is 4.08. The maximum absolute atomic E-state index is 12.8. The van der Waals surface area contributed by atoms with Gasteiger partial charge >= 0.3 is 0 Å². The van der Waals surface area contributed by atoms with E-state index in [0.29, 0.717) is 17.1 Å². The number of nitrogens with one attached hydrogen (secondary N) is 1. The maximum Gasteiger partial charge on any atom is 0.258 e. The summed E-state index contributed by atoms with van der Waals surface area (Å²) in [7, 11) is -2.11. The van der Waals surface area contributed by atoms with Crippen LogP contribution in [0, 0.1) is 0 Å². The zero-order valence-corrected chi connectivity index (χ0v) is 14.7. The van der Waals surface area contributed by atoms with Gasteiger partial charge in [-0.3, -0.25) is 4.79 Å². The molecule has 2 aromatic carbocycles. The number of rotatable bonds is 3. The van der Waals surface area contributed by atoms with Gasteiger partial charge in [-0.15, -0.1) is 0 Å². The van der Waals surface area contributed by atoms with Gasteiger partial charge in [-0.1, -0.05) is 11.6 Å². The molecule has 126 valence electrons. The molecular weight excluding hydrogens is 348 g/mol. The van der Waals surface area contributed by atoms with Crippen LogP contribution in [0.25, 0.3) is 0 Å². The van der Waals surface area contributed by atoms with Gasteiger partial charge in [-0.05, 0) is 67.9 Å². The molecular formula is C17H17ClN2O3S. The lowest BCUT2D eigenvalue weighted by Crippen LogP contribution is -2.35. The number of hydrogen-bond donors (Lipinski definition) is 1. The van der Waals surface area contributed by atoms with E-state index in [0.717, 1.165) is 24.1 Å². The Balaban J connectivity index is 1.97. The summed E-state index contributed by atoms with van der Waals surface area (Å²) in [5, 5.41) is 0.576. The molecule has 5 nitrogen and oxygen atoms in total. The second-order valence-electron chi connectivity index (χ2n) is 5.57. The van der Waals surface area contributed by atoms with E-state index in [9.17, 15) is 13.2 Å². The summed E-state index contributed by atoms with van der Waals surface area (Å²) in [6.45, 7) is 0.604. The van der Waals surface area contributed by atoms with E-state index in [1.165, 1.54) is 13.1 Å². The van der Waals surface area contributed by atoms with Crippen molar-refractivity contribution in [3.63, 3.8) is 0 Å². The van der Waals surface area contributed by atoms with E-state index in [1.807, 2.05) is 0 Å². The van der Waals surface area contributed by atoms with Crippen LogP contribution in [0.3, 0.4) is 0 Å². The van der Waals surface area contributed by atoms with Crippen LogP contribution < -0.4 is 9.62 Å². The van der Waals surface area contributed by atoms with Crippen LogP contribution in [-0.2, 0) is 16.4 Å². The lowest BCUT2D eigenvalue weighted by atomic mass is 10.0. The largest absolute Gasteiger partial charge is 0.308 e. The fourth-order valence-electron chi connectivity index (χ4n) is 2.82. The summed E-state index contributed by atoms with van der Waals surface area (Å²) >= 11 is 5.87. The highest BCUT2D eigenvalue weighted by Gasteiger charge is 2.25. The minimum absolute atomic E-state index is 0.114. The van der Waals surface area contributed by atoms with Gasteiger partial charge in [-0.2, -0.15) is 0 Å². The molecule has 0 saturated carbocycles. The lowest BCUT2D eigenvalue weighted by molar-refractivity contribution is 0.0985. The number of anilines is 1. The molecule has 1 N–H and O–H groups in total. The number of carbonyl (C=O) groups is 1. The van der Waals surface area contributed by atoms with E-state index in [4.69, 9.17) is 11.6 Å². The highest BCUT2D eigenvalue weighted by molar-refractivity contribution is 7.89. The topological polar surface area (TPSA) is 66.5 Å². The highest BCUT2D eigenvalue weighted by atomic mass is 35.5. The number of benzene rings is 2. The minimum atomic E-state index is -3.49. The van der Waals surface area contributed by atoms with Crippen molar-refractivity contribution in [3.8, 4) is 0 Å². The number of hydrogen-bond acceptors (Lipinski definition) is 3. The van der Waals surface area contributed by atoms with Gasteiger partial charge in [-0.25, -0.2) is 13.1 Å². The molecule has 0 unspecified atom stereocenters. The number of nitrogens with zero attached hydrogens (tertiary/aromatic N) is 1. The third kappa shape index (κ3) is 3.17. The van der Waals surface area contributed by atoms with E-state index in [-0.39, 0.29) is 10.8 Å². The van der Waals surface area contributed by atoms with Crippen molar-refractivity contribution in [1.29, 1.82) is 0 Å². The van der Waals surface area contributed by atoms with Crippen LogP contribution in [0.15, 0.2) is 47.4 Å². The number of fused-ring (bicyclic) bond motifs is 1. The van der Waals surface area contributed by atoms with Gasteiger partial charge in [0.25, 0.3) is 5.91 Å². The summed E-state index contributed by atoms with van der Waals surface area (Å²) in [6, 6.07) is 11.6. The van der Waals surface area contributed by atoms with Gasteiger partial charge in [0.2, 0.25) is 10.0 Å². The fraction of sp³-hybridized carbons (Fsp3) is 0.235.